The predicted octanol–water partition coefficient (Wildman–Crippen LogP) is 7.99. The summed E-state index contributed by atoms with van der Waals surface area (Å²) < 4.78 is 18.9. The van der Waals surface area contributed by atoms with E-state index in [0.29, 0.717) is 24.2 Å². The highest BCUT2D eigenvalue weighted by Gasteiger charge is 2.71. The Morgan fingerprint density at radius 2 is 1.64 bits per heavy atom. The zero-order valence-electron chi connectivity index (χ0n) is 27.3. The van der Waals surface area contributed by atoms with E-state index in [9.17, 15) is 14.4 Å². The second kappa shape index (κ2) is 11.6. The maximum Gasteiger partial charge on any atom is 0.306 e. The first-order valence-corrected chi connectivity index (χ1v) is 18.1. The molecule has 0 N–H and O–H groups in total. The number of carbonyl (C=O) groups is 3. The van der Waals surface area contributed by atoms with Crippen molar-refractivity contribution in [3.05, 3.63) is 42.5 Å². The van der Waals surface area contributed by atoms with Gasteiger partial charge >= 0.3 is 17.9 Å². The van der Waals surface area contributed by atoms with Gasteiger partial charge in [-0.15, -0.1) is 11.8 Å². The highest BCUT2D eigenvalue weighted by molar-refractivity contribution is 8.00. The lowest BCUT2D eigenvalue weighted by molar-refractivity contribution is -0.224. The third-order valence-corrected chi connectivity index (χ3v) is 14.6. The summed E-state index contributed by atoms with van der Waals surface area (Å²) >= 11 is 1.90. The number of carbonyl (C=O) groups excluding carboxylic acids is 3. The third-order valence-electron chi connectivity index (χ3n) is 13.1. The van der Waals surface area contributed by atoms with Crippen LogP contribution in [0.1, 0.15) is 86.0 Å². The molecule has 5 fully saturated rings. The maximum absolute atomic E-state index is 13.6. The fourth-order valence-corrected chi connectivity index (χ4v) is 13.2. The molecule has 2 aromatic rings. The summed E-state index contributed by atoms with van der Waals surface area (Å²) in [6.45, 7) is 10.2. The molecule has 0 amide bonds. The van der Waals surface area contributed by atoms with E-state index in [-0.39, 0.29) is 70.1 Å². The van der Waals surface area contributed by atoms with Gasteiger partial charge in [-0.25, -0.2) is 0 Å². The smallest absolute Gasteiger partial charge is 0.306 e. The fraction of sp³-hybridized carbons (Fsp3) is 0.658. The van der Waals surface area contributed by atoms with Crippen LogP contribution in [0.25, 0.3) is 10.8 Å². The van der Waals surface area contributed by atoms with Crippen LogP contribution in [0, 0.1) is 46.3 Å². The van der Waals surface area contributed by atoms with Gasteiger partial charge in [0.05, 0.1) is 5.25 Å². The van der Waals surface area contributed by atoms with Crippen molar-refractivity contribution in [1.82, 2.24) is 0 Å². The van der Waals surface area contributed by atoms with Crippen molar-refractivity contribution in [2.45, 2.75) is 114 Å². The Morgan fingerprint density at radius 3 is 2.42 bits per heavy atom. The number of esters is 3. The molecule has 6 nitrogen and oxygen atoms in total. The molecule has 242 valence electrons. The number of hydrogen-bond acceptors (Lipinski definition) is 7. The third kappa shape index (κ3) is 5.10. The summed E-state index contributed by atoms with van der Waals surface area (Å²) in [5, 5.41) is 2.41. The van der Waals surface area contributed by atoms with Gasteiger partial charge in [0, 0.05) is 36.5 Å². The molecule has 0 spiro atoms. The molecule has 0 unspecified atom stereocenters. The average Bonchev–Trinajstić information content (AvgIpc) is 3.34. The molecular formula is C38H48O6S. The number of benzene rings is 2. The minimum Gasteiger partial charge on any atom is -0.463 e. The summed E-state index contributed by atoms with van der Waals surface area (Å²) in [7, 11) is 0. The van der Waals surface area contributed by atoms with Gasteiger partial charge < -0.3 is 14.2 Å². The van der Waals surface area contributed by atoms with Crippen molar-refractivity contribution in [3.63, 3.8) is 0 Å². The Bertz CT molecular complexity index is 1480. The highest BCUT2D eigenvalue weighted by atomic mass is 32.2. The molecule has 0 radical (unpaired) electrons. The Kier molecular flexibility index (Phi) is 8.02. The predicted molar refractivity (Wildman–Crippen MR) is 174 cm³/mol. The van der Waals surface area contributed by atoms with E-state index < -0.39 is 0 Å². The number of thioether (sulfide) groups is 1. The van der Waals surface area contributed by atoms with Crippen molar-refractivity contribution in [2.75, 3.05) is 0 Å². The number of ether oxygens (including phenoxy) is 3. The van der Waals surface area contributed by atoms with Crippen molar-refractivity contribution < 1.29 is 28.6 Å². The van der Waals surface area contributed by atoms with Crippen LogP contribution >= 0.6 is 11.8 Å². The Labute approximate surface area is 271 Å². The first kappa shape index (κ1) is 31.1. The zero-order valence-corrected chi connectivity index (χ0v) is 28.1. The van der Waals surface area contributed by atoms with Crippen LogP contribution in [0.5, 0.6) is 0 Å². The van der Waals surface area contributed by atoms with Gasteiger partial charge in [0.2, 0.25) is 0 Å². The van der Waals surface area contributed by atoms with Crippen LogP contribution < -0.4 is 0 Å². The van der Waals surface area contributed by atoms with Gasteiger partial charge in [0.25, 0.3) is 0 Å². The van der Waals surface area contributed by atoms with Gasteiger partial charge in [0.1, 0.15) is 18.3 Å². The van der Waals surface area contributed by atoms with Crippen LogP contribution in [-0.4, -0.2) is 41.5 Å². The SMILES string of the molecule is CC(=O)O[C@@H]1CC[C@@]2(C)[C@@H](C1)C[C@@H](OC(C)=O)[C@@H]1[C@@H]2[C@@H](Sc2cccc3ccccc23)[C@@H]2OC(=O)CC[C@@H](C)[C@H]3CC[C@@H]1[C@@]32C. The van der Waals surface area contributed by atoms with Crippen LogP contribution in [0.15, 0.2) is 47.4 Å². The second-order valence-electron chi connectivity index (χ2n) is 15.3. The second-order valence-corrected chi connectivity index (χ2v) is 16.6. The normalized spacial score (nSPS) is 42.3. The van der Waals surface area contributed by atoms with Crippen molar-refractivity contribution in [3.8, 4) is 0 Å². The average molecular weight is 633 g/mol. The quantitative estimate of drug-likeness (QED) is 0.250. The molecule has 12 atom stereocenters. The molecule has 45 heavy (non-hydrogen) atoms. The zero-order chi connectivity index (χ0) is 31.7. The van der Waals surface area contributed by atoms with Crippen LogP contribution in [0.4, 0.5) is 0 Å². The highest BCUT2D eigenvalue weighted by Crippen LogP contribution is 2.71. The number of rotatable bonds is 4. The molecule has 0 bridgehead atoms. The van der Waals surface area contributed by atoms with Gasteiger partial charge in [-0.05, 0) is 96.8 Å². The Hall–Kier alpha value is -2.54. The van der Waals surface area contributed by atoms with E-state index in [1.54, 1.807) is 0 Å². The molecule has 7 heteroatoms. The standard InChI is InChI=1S/C38H48O6S/c1-21-13-16-32(41)44-36-35(45-31-12-8-10-24-9-6-7-11-27(24)31)34-33(29-15-14-28(21)38(29,36)5)30(43-23(3)40)20-25-19-26(42-22(2)39)17-18-37(25,34)4/h6-12,21,25-26,28-30,33-36H,13-20H2,1-5H3/t21-,25+,26-,28-,29+,30-,33-,34-,35-,36+,37+,38-/m1/s1. The molecule has 2 aromatic carbocycles. The van der Waals surface area contributed by atoms with E-state index in [1.807, 2.05) is 11.8 Å². The summed E-state index contributed by atoms with van der Waals surface area (Å²) in [5.41, 5.74) is -0.296. The minimum atomic E-state index is -0.241. The molecule has 1 aliphatic heterocycles. The Balaban J connectivity index is 1.41. The van der Waals surface area contributed by atoms with E-state index in [0.717, 1.165) is 44.9 Å². The lowest BCUT2D eigenvalue weighted by atomic mass is 9.42. The molecule has 1 heterocycles. The topological polar surface area (TPSA) is 78.9 Å². The molecule has 4 saturated carbocycles. The summed E-state index contributed by atoms with van der Waals surface area (Å²) in [5.74, 6) is 1.17. The summed E-state index contributed by atoms with van der Waals surface area (Å²) in [6.07, 6.45) is 6.26. The lowest BCUT2D eigenvalue weighted by Crippen LogP contribution is -2.68. The number of fused-ring (bicyclic) bond motifs is 5. The van der Waals surface area contributed by atoms with E-state index in [1.165, 1.54) is 29.5 Å². The van der Waals surface area contributed by atoms with E-state index in [4.69, 9.17) is 14.2 Å². The van der Waals surface area contributed by atoms with Gasteiger partial charge in [0.15, 0.2) is 0 Å². The van der Waals surface area contributed by atoms with Gasteiger partial charge in [-0.3, -0.25) is 14.4 Å². The Morgan fingerprint density at radius 1 is 0.911 bits per heavy atom. The molecule has 7 rings (SSSR count). The molecule has 1 saturated heterocycles. The number of hydrogen-bond donors (Lipinski definition) is 0. The summed E-state index contributed by atoms with van der Waals surface area (Å²) in [6, 6.07) is 15.1. The largest absolute Gasteiger partial charge is 0.463 e. The van der Waals surface area contributed by atoms with Crippen molar-refractivity contribution in [1.29, 1.82) is 0 Å². The van der Waals surface area contributed by atoms with Crippen LogP contribution in [0.3, 0.4) is 0 Å². The van der Waals surface area contributed by atoms with Gasteiger partial charge in [-0.2, -0.15) is 0 Å². The van der Waals surface area contributed by atoms with Crippen LogP contribution in [-0.2, 0) is 28.6 Å². The van der Waals surface area contributed by atoms with E-state index >= 15 is 0 Å². The van der Waals surface area contributed by atoms with E-state index in [2.05, 4.69) is 63.2 Å². The van der Waals surface area contributed by atoms with Crippen molar-refractivity contribution in [2.24, 2.45) is 46.3 Å². The first-order chi connectivity index (χ1) is 21.5. The monoisotopic (exact) mass is 632 g/mol. The van der Waals surface area contributed by atoms with Crippen molar-refractivity contribution >= 4 is 40.4 Å². The van der Waals surface area contributed by atoms with Gasteiger partial charge in [-0.1, -0.05) is 57.2 Å². The fourth-order valence-electron chi connectivity index (χ4n) is 11.3. The molecular weight excluding hydrogens is 584 g/mol. The maximum atomic E-state index is 13.6. The minimum absolute atomic E-state index is 0.00644. The molecule has 0 aromatic heterocycles. The molecule has 5 aliphatic rings. The molecule has 4 aliphatic carbocycles. The summed E-state index contributed by atoms with van der Waals surface area (Å²) in [4.78, 5) is 39.5. The van der Waals surface area contributed by atoms with Crippen LogP contribution in [0.2, 0.25) is 0 Å². The lowest BCUT2D eigenvalue weighted by Gasteiger charge is -2.66. The first-order valence-electron chi connectivity index (χ1n) is 17.2.